The molecule has 2 aromatic rings. The van der Waals surface area contributed by atoms with Crippen molar-refractivity contribution in [1.29, 1.82) is 0 Å². The summed E-state index contributed by atoms with van der Waals surface area (Å²) in [7, 11) is 0. The Kier molecular flexibility index (Phi) is 3.49. The molecule has 0 radical (unpaired) electrons. The van der Waals surface area contributed by atoms with Crippen molar-refractivity contribution in [2.24, 2.45) is 5.73 Å². The predicted molar refractivity (Wildman–Crippen MR) is 75.2 cm³/mol. The fourth-order valence-corrected chi connectivity index (χ4v) is 3.70. The third-order valence-corrected chi connectivity index (χ3v) is 5.13. The van der Waals surface area contributed by atoms with Gasteiger partial charge in [0.25, 0.3) is 0 Å². The highest BCUT2D eigenvalue weighted by atomic mass is 79.9. The van der Waals surface area contributed by atoms with E-state index in [1.807, 2.05) is 0 Å². The lowest BCUT2D eigenvalue weighted by Gasteiger charge is -2.19. The minimum atomic E-state index is -0.0385. The quantitative estimate of drug-likeness (QED) is 0.933. The van der Waals surface area contributed by atoms with E-state index in [2.05, 4.69) is 52.3 Å². The average Bonchev–Trinajstić information content (AvgIpc) is 2.85. The third kappa shape index (κ3) is 2.37. The first kappa shape index (κ1) is 12.2. The molecule has 0 amide bonds. The minimum absolute atomic E-state index is 0.0385. The first-order valence-corrected chi connectivity index (χ1v) is 7.43. The molecule has 0 aliphatic carbocycles. The molecule has 2 N–H and O–H groups in total. The smallest absolute Gasteiger partial charge is 0.133 e. The molecule has 0 aromatic carbocycles. The van der Waals surface area contributed by atoms with Crippen LogP contribution in [-0.2, 0) is 5.41 Å². The lowest BCUT2D eigenvalue weighted by Crippen LogP contribution is -2.28. The number of halogens is 1. The van der Waals surface area contributed by atoms with Gasteiger partial charge in [0.2, 0.25) is 0 Å². The zero-order valence-corrected chi connectivity index (χ0v) is 12.4. The van der Waals surface area contributed by atoms with Gasteiger partial charge in [0.15, 0.2) is 0 Å². The predicted octanol–water partition coefficient (Wildman–Crippen LogP) is 3.87. The van der Waals surface area contributed by atoms with Gasteiger partial charge in [-0.1, -0.05) is 13.8 Å². The van der Waals surface area contributed by atoms with Crippen molar-refractivity contribution in [3.8, 4) is 9.88 Å². The van der Waals surface area contributed by atoms with Crippen LogP contribution in [0.3, 0.4) is 0 Å². The number of aromatic nitrogens is 1. The number of nitrogens with zero attached hydrogens (tertiary/aromatic N) is 1. The fourth-order valence-electron chi connectivity index (χ4n) is 1.23. The van der Waals surface area contributed by atoms with Crippen molar-refractivity contribution in [2.45, 2.75) is 19.3 Å². The largest absolute Gasteiger partial charge is 0.330 e. The van der Waals surface area contributed by atoms with Crippen LogP contribution in [-0.4, -0.2) is 11.5 Å². The molecule has 5 heteroatoms. The molecule has 86 valence electrons. The maximum Gasteiger partial charge on any atom is 0.133 e. The SMILES string of the molecule is CC(C)(CN)c1csc(-c2ccc(Br)s2)n1. The highest BCUT2D eigenvalue weighted by molar-refractivity contribution is 9.11. The normalized spacial score (nSPS) is 12.0. The summed E-state index contributed by atoms with van der Waals surface area (Å²) in [6, 6.07) is 4.14. The highest BCUT2D eigenvalue weighted by Gasteiger charge is 2.22. The van der Waals surface area contributed by atoms with Crippen LogP contribution in [0.4, 0.5) is 0 Å². The zero-order chi connectivity index (χ0) is 11.8. The Hall–Kier alpha value is -0.230. The van der Waals surface area contributed by atoms with Gasteiger partial charge in [0, 0.05) is 17.3 Å². The Morgan fingerprint density at radius 1 is 1.44 bits per heavy atom. The van der Waals surface area contributed by atoms with Gasteiger partial charge >= 0.3 is 0 Å². The van der Waals surface area contributed by atoms with Crippen LogP contribution in [0, 0.1) is 0 Å². The topological polar surface area (TPSA) is 38.9 Å². The molecule has 0 bridgehead atoms. The van der Waals surface area contributed by atoms with Gasteiger partial charge < -0.3 is 5.73 Å². The van der Waals surface area contributed by atoms with Crippen molar-refractivity contribution in [3.05, 3.63) is 27.0 Å². The van der Waals surface area contributed by atoms with Crippen LogP contribution >= 0.6 is 38.6 Å². The molecule has 0 aliphatic rings. The van der Waals surface area contributed by atoms with Gasteiger partial charge in [0.05, 0.1) is 14.4 Å². The van der Waals surface area contributed by atoms with Gasteiger partial charge in [-0.05, 0) is 28.1 Å². The summed E-state index contributed by atoms with van der Waals surface area (Å²) in [5.41, 5.74) is 6.79. The Morgan fingerprint density at radius 3 is 2.75 bits per heavy atom. The van der Waals surface area contributed by atoms with Crippen LogP contribution in [0.25, 0.3) is 9.88 Å². The van der Waals surface area contributed by atoms with E-state index in [1.165, 1.54) is 4.88 Å². The van der Waals surface area contributed by atoms with E-state index in [1.54, 1.807) is 22.7 Å². The van der Waals surface area contributed by atoms with Crippen LogP contribution < -0.4 is 5.73 Å². The summed E-state index contributed by atoms with van der Waals surface area (Å²) in [4.78, 5) is 5.87. The van der Waals surface area contributed by atoms with E-state index in [0.29, 0.717) is 6.54 Å². The van der Waals surface area contributed by atoms with Crippen LogP contribution in [0.2, 0.25) is 0 Å². The monoisotopic (exact) mass is 316 g/mol. The average molecular weight is 317 g/mol. The van der Waals surface area contributed by atoms with E-state index in [9.17, 15) is 0 Å². The summed E-state index contributed by atoms with van der Waals surface area (Å²) < 4.78 is 1.14. The van der Waals surface area contributed by atoms with E-state index < -0.39 is 0 Å². The maximum atomic E-state index is 5.75. The van der Waals surface area contributed by atoms with E-state index >= 15 is 0 Å². The van der Waals surface area contributed by atoms with Crippen molar-refractivity contribution < 1.29 is 0 Å². The number of rotatable bonds is 3. The molecule has 2 aromatic heterocycles. The highest BCUT2D eigenvalue weighted by Crippen LogP contribution is 2.35. The van der Waals surface area contributed by atoms with Gasteiger partial charge in [-0.25, -0.2) is 4.98 Å². The molecule has 2 nitrogen and oxygen atoms in total. The van der Waals surface area contributed by atoms with E-state index in [0.717, 1.165) is 14.5 Å². The summed E-state index contributed by atoms with van der Waals surface area (Å²) in [6.45, 7) is 4.86. The van der Waals surface area contributed by atoms with Gasteiger partial charge in [-0.3, -0.25) is 0 Å². The maximum absolute atomic E-state index is 5.75. The molecule has 2 heterocycles. The van der Waals surface area contributed by atoms with Crippen LogP contribution in [0.15, 0.2) is 21.3 Å². The van der Waals surface area contributed by atoms with Crippen LogP contribution in [0.1, 0.15) is 19.5 Å². The summed E-state index contributed by atoms with van der Waals surface area (Å²) >= 11 is 6.85. The minimum Gasteiger partial charge on any atom is -0.330 e. The van der Waals surface area contributed by atoms with Gasteiger partial charge in [-0.2, -0.15) is 0 Å². The lowest BCUT2D eigenvalue weighted by atomic mass is 9.90. The number of thiophene rings is 1. The standard InChI is InChI=1S/C11H13BrN2S2/c1-11(2,6-13)8-5-15-10(14-8)7-3-4-9(12)16-7/h3-5H,6,13H2,1-2H3. The molecular weight excluding hydrogens is 304 g/mol. The molecule has 16 heavy (non-hydrogen) atoms. The van der Waals surface area contributed by atoms with Crippen molar-refractivity contribution >= 4 is 38.6 Å². The molecule has 0 spiro atoms. The van der Waals surface area contributed by atoms with Crippen molar-refractivity contribution in [2.75, 3.05) is 6.54 Å². The first-order chi connectivity index (χ1) is 7.53. The Bertz CT molecular complexity index is 488. The Labute approximate surface area is 112 Å². The van der Waals surface area contributed by atoms with E-state index in [-0.39, 0.29) is 5.41 Å². The van der Waals surface area contributed by atoms with E-state index in [4.69, 9.17) is 5.73 Å². The molecule has 0 unspecified atom stereocenters. The third-order valence-electron chi connectivity index (χ3n) is 2.49. The number of hydrogen-bond donors (Lipinski definition) is 1. The summed E-state index contributed by atoms with van der Waals surface area (Å²) in [5.74, 6) is 0. The fraction of sp³-hybridized carbons (Fsp3) is 0.364. The second kappa shape index (κ2) is 4.56. The number of hydrogen-bond acceptors (Lipinski definition) is 4. The molecule has 0 saturated heterocycles. The van der Waals surface area contributed by atoms with Crippen molar-refractivity contribution in [3.63, 3.8) is 0 Å². The lowest BCUT2D eigenvalue weighted by molar-refractivity contribution is 0.525. The molecule has 0 aliphatic heterocycles. The second-order valence-corrected chi connectivity index (χ2v) is 7.55. The van der Waals surface area contributed by atoms with Crippen LogP contribution in [0.5, 0.6) is 0 Å². The Morgan fingerprint density at radius 2 is 2.19 bits per heavy atom. The van der Waals surface area contributed by atoms with Crippen molar-refractivity contribution in [1.82, 2.24) is 4.98 Å². The van der Waals surface area contributed by atoms with Gasteiger partial charge in [0.1, 0.15) is 5.01 Å². The Balaban J connectivity index is 2.33. The number of thiazole rings is 1. The summed E-state index contributed by atoms with van der Waals surface area (Å²) in [6.07, 6.45) is 0. The molecule has 2 rings (SSSR count). The summed E-state index contributed by atoms with van der Waals surface area (Å²) in [5, 5.41) is 3.18. The molecule has 0 fully saturated rings. The molecular formula is C11H13BrN2S2. The molecule has 0 saturated carbocycles. The second-order valence-electron chi connectivity index (χ2n) is 4.23. The number of nitrogens with two attached hydrogens (primary N) is 1. The molecule has 0 atom stereocenters. The zero-order valence-electron chi connectivity index (χ0n) is 9.16. The van der Waals surface area contributed by atoms with Gasteiger partial charge in [-0.15, -0.1) is 22.7 Å². The first-order valence-electron chi connectivity index (χ1n) is 4.95.